The van der Waals surface area contributed by atoms with E-state index in [9.17, 15) is 9.18 Å². The second-order valence-corrected chi connectivity index (χ2v) is 4.91. The smallest absolute Gasteiger partial charge is 0.431 e. The monoisotopic (exact) mass is 270 g/mol. The lowest BCUT2D eigenvalue weighted by molar-refractivity contribution is 0.0510. The Kier molecular flexibility index (Phi) is 3.08. The van der Waals surface area contributed by atoms with Gasteiger partial charge >= 0.3 is 10.7 Å². The Morgan fingerprint density at radius 2 is 1.92 bits per heavy atom. The lowest BCUT2D eigenvalue weighted by Gasteiger charge is -2.29. The van der Waals surface area contributed by atoms with Gasteiger partial charge in [0.05, 0.1) is 0 Å². The third-order valence-electron chi connectivity index (χ3n) is 1.34. The fourth-order valence-corrected chi connectivity index (χ4v) is 1.20. The summed E-state index contributed by atoms with van der Waals surface area (Å²) in [6.07, 6.45) is -3.16. The molecule has 1 atom stereocenters. The van der Waals surface area contributed by atoms with Gasteiger partial charge in [-0.1, -0.05) is 46.4 Å². The number of alkyl halides is 5. The van der Waals surface area contributed by atoms with Gasteiger partial charge in [0.2, 0.25) is 4.33 Å². The molecule has 0 radical (unpaired) electrons. The van der Waals surface area contributed by atoms with E-state index in [0.29, 0.717) is 0 Å². The van der Waals surface area contributed by atoms with Gasteiger partial charge in [0.15, 0.2) is 6.17 Å². The van der Waals surface area contributed by atoms with Crippen LogP contribution in [0.5, 0.6) is 0 Å². The number of carbonyl (C=O) groups is 1. The first-order chi connectivity index (χ1) is 5.77. The highest BCUT2D eigenvalue weighted by atomic mass is 35.5. The minimum absolute atomic E-state index is 0.660. The van der Waals surface area contributed by atoms with Crippen LogP contribution in [-0.4, -0.2) is 27.8 Å². The molecular weight excluding hydrogens is 269 g/mol. The van der Waals surface area contributed by atoms with Crippen molar-refractivity contribution in [3.05, 3.63) is 0 Å². The quantitative estimate of drug-likeness (QED) is 0.502. The number of ether oxygens (including phenoxy) is 2. The van der Waals surface area contributed by atoms with Crippen molar-refractivity contribution in [3.8, 4) is 0 Å². The second-order valence-electron chi connectivity index (χ2n) is 2.27. The Balaban J connectivity index is 2.97. The topological polar surface area (TPSA) is 35.5 Å². The first-order valence-electron chi connectivity index (χ1n) is 3.03. The van der Waals surface area contributed by atoms with Gasteiger partial charge in [-0.25, -0.2) is 9.18 Å². The van der Waals surface area contributed by atoms with Crippen LogP contribution < -0.4 is 0 Å². The second kappa shape index (κ2) is 3.50. The van der Waals surface area contributed by atoms with Gasteiger partial charge < -0.3 is 9.47 Å². The molecule has 0 aromatic carbocycles. The van der Waals surface area contributed by atoms with E-state index in [0.717, 1.165) is 0 Å². The highest BCUT2D eigenvalue weighted by Crippen LogP contribution is 2.48. The zero-order chi connectivity index (χ0) is 10.3. The Hall–Kier alpha value is 0.360. The summed E-state index contributed by atoms with van der Waals surface area (Å²) in [5.74, 6) is 0. The zero-order valence-corrected chi connectivity index (χ0v) is 8.92. The van der Waals surface area contributed by atoms with Crippen molar-refractivity contribution in [1.82, 2.24) is 0 Å². The largest absolute Gasteiger partial charge is 0.511 e. The van der Waals surface area contributed by atoms with Crippen molar-refractivity contribution < 1.29 is 18.7 Å². The summed E-state index contributed by atoms with van der Waals surface area (Å²) in [7, 11) is 0. The summed E-state index contributed by atoms with van der Waals surface area (Å²) in [5, 5.41) is 0. The molecule has 0 bridgehead atoms. The summed E-state index contributed by atoms with van der Waals surface area (Å²) < 4.78 is 16.9. The SMILES string of the molecule is O=C1OCC(F)C(Cl)(Cl)C(Cl)(Cl)O1. The van der Waals surface area contributed by atoms with Crippen LogP contribution in [0.15, 0.2) is 0 Å². The molecule has 1 saturated heterocycles. The molecule has 13 heavy (non-hydrogen) atoms. The predicted molar refractivity (Wildman–Crippen MR) is 46.2 cm³/mol. The third kappa shape index (κ3) is 2.06. The van der Waals surface area contributed by atoms with Crippen LogP contribution in [-0.2, 0) is 9.47 Å². The van der Waals surface area contributed by atoms with Gasteiger partial charge in [-0.15, -0.1) is 0 Å². The summed E-state index contributed by atoms with van der Waals surface area (Å²) in [6, 6.07) is 0. The molecule has 1 fully saturated rings. The fraction of sp³-hybridized carbons (Fsp3) is 0.800. The Morgan fingerprint density at radius 3 is 2.46 bits per heavy atom. The lowest BCUT2D eigenvalue weighted by Crippen LogP contribution is -2.45. The third-order valence-corrected chi connectivity index (χ3v) is 3.48. The van der Waals surface area contributed by atoms with E-state index in [1.54, 1.807) is 0 Å². The molecular formula is C5H3Cl4FO3. The van der Waals surface area contributed by atoms with E-state index < -0.39 is 27.8 Å². The number of hydrogen-bond acceptors (Lipinski definition) is 3. The minimum atomic E-state index is -2.37. The maximum atomic E-state index is 13.1. The van der Waals surface area contributed by atoms with Crippen molar-refractivity contribution in [1.29, 1.82) is 0 Å². The maximum absolute atomic E-state index is 13.1. The number of halogens is 5. The average Bonchev–Trinajstić information content (AvgIpc) is 2.02. The van der Waals surface area contributed by atoms with Gasteiger partial charge in [-0.3, -0.25) is 0 Å². The molecule has 1 rings (SSSR count). The highest BCUT2D eigenvalue weighted by molar-refractivity contribution is 6.62. The Bertz CT molecular complexity index is 232. The van der Waals surface area contributed by atoms with Crippen LogP contribution in [0.25, 0.3) is 0 Å². The number of cyclic esters (lactones) is 2. The molecule has 1 unspecified atom stereocenters. The fourth-order valence-electron chi connectivity index (χ4n) is 0.630. The molecule has 3 nitrogen and oxygen atoms in total. The highest BCUT2D eigenvalue weighted by Gasteiger charge is 2.59. The van der Waals surface area contributed by atoms with Gasteiger partial charge in [0, 0.05) is 0 Å². The molecule has 0 aliphatic carbocycles. The molecule has 0 spiro atoms. The van der Waals surface area contributed by atoms with Gasteiger partial charge in [0.25, 0.3) is 0 Å². The molecule has 0 saturated carbocycles. The van der Waals surface area contributed by atoms with Gasteiger partial charge in [-0.2, -0.15) is 0 Å². The van der Waals surface area contributed by atoms with E-state index >= 15 is 0 Å². The lowest BCUT2D eigenvalue weighted by atomic mass is 10.3. The normalized spacial score (nSPS) is 31.5. The van der Waals surface area contributed by atoms with Crippen LogP contribution in [0.4, 0.5) is 9.18 Å². The van der Waals surface area contributed by atoms with Crippen LogP contribution in [0.2, 0.25) is 0 Å². The molecule has 0 amide bonds. The summed E-state index contributed by atoms with van der Waals surface area (Å²) in [6.45, 7) is -0.660. The van der Waals surface area contributed by atoms with Crippen LogP contribution in [0.1, 0.15) is 0 Å². The molecule has 0 aromatic heterocycles. The van der Waals surface area contributed by atoms with Crippen molar-refractivity contribution in [3.63, 3.8) is 0 Å². The van der Waals surface area contributed by atoms with E-state index in [2.05, 4.69) is 9.47 Å². The maximum Gasteiger partial charge on any atom is 0.511 e. The van der Waals surface area contributed by atoms with Crippen LogP contribution >= 0.6 is 46.4 Å². The molecule has 0 N–H and O–H groups in total. The van der Waals surface area contributed by atoms with Crippen molar-refractivity contribution in [2.24, 2.45) is 0 Å². The van der Waals surface area contributed by atoms with Crippen molar-refractivity contribution >= 4 is 52.6 Å². The molecule has 76 valence electrons. The van der Waals surface area contributed by atoms with Crippen LogP contribution in [0.3, 0.4) is 0 Å². The summed E-state index contributed by atoms with van der Waals surface area (Å²) in [4.78, 5) is 10.6. The van der Waals surface area contributed by atoms with Gasteiger partial charge in [0.1, 0.15) is 6.61 Å². The average molecular weight is 272 g/mol. The summed E-state index contributed by atoms with van der Waals surface area (Å²) >= 11 is 21.7. The van der Waals surface area contributed by atoms with E-state index in [1.165, 1.54) is 0 Å². The molecule has 8 heteroatoms. The standard InChI is InChI=1S/C5H3Cl4FO3/c6-4(7)2(10)1-12-3(11)13-5(4,8)9/h2H,1H2. The van der Waals surface area contributed by atoms with E-state index in [1.807, 2.05) is 0 Å². The number of carbonyl (C=O) groups excluding carboxylic acids is 1. The zero-order valence-electron chi connectivity index (χ0n) is 5.90. The van der Waals surface area contributed by atoms with Crippen LogP contribution in [0, 0.1) is 0 Å². The molecule has 1 aliphatic rings. The summed E-state index contributed by atoms with van der Waals surface area (Å²) in [5.41, 5.74) is 0. The number of rotatable bonds is 0. The van der Waals surface area contributed by atoms with Crippen molar-refractivity contribution in [2.75, 3.05) is 6.61 Å². The molecule has 0 aromatic rings. The first-order valence-corrected chi connectivity index (χ1v) is 4.54. The van der Waals surface area contributed by atoms with Crippen molar-refractivity contribution in [2.45, 2.75) is 15.0 Å². The Labute approximate surface area is 93.0 Å². The molecule has 1 aliphatic heterocycles. The predicted octanol–water partition coefficient (Wildman–Crippen LogP) is 2.80. The Morgan fingerprint density at radius 1 is 1.38 bits per heavy atom. The minimum Gasteiger partial charge on any atom is -0.431 e. The number of hydrogen-bond donors (Lipinski definition) is 0. The molecule has 1 heterocycles. The first kappa shape index (κ1) is 11.4. The van der Waals surface area contributed by atoms with Gasteiger partial charge in [-0.05, 0) is 0 Å². The van der Waals surface area contributed by atoms with E-state index in [4.69, 9.17) is 46.4 Å². The van der Waals surface area contributed by atoms with E-state index in [-0.39, 0.29) is 0 Å².